The molecule has 27 heavy (non-hydrogen) atoms. The molecular weight excluding hydrogens is 379 g/mol. The molecular formula is C17H20F3N5OS. The molecule has 0 aliphatic carbocycles. The summed E-state index contributed by atoms with van der Waals surface area (Å²) in [5, 5.41) is 14.4. The lowest BCUT2D eigenvalue weighted by molar-refractivity contribution is -0.140. The molecule has 0 unspecified atom stereocenters. The summed E-state index contributed by atoms with van der Waals surface area (Å²) in [6.45, 7) is 2.95. The summed E-state index contributed by atoms with van der Waals surface area (Å²) in [6, 6.07) is 7.19. The summed E-state index contributed by atoms with van der Waals surface area (Å²) in [5.74, 6) is 0.869. The van der Waals surface area contributed by atoms with E-state index in [0.29, 0.717) is 37.1 Å². The quantitative estimate of drug-likeness (QED) is 0.614. The Labute approximate surface area is 159 Å². The van der Waals surface area contributed by atoms with E-state index in [-0.39, 0.29) is 12.3 Å². The summed E-state index contributed by atoms with van der Waals surface area (Å²) < 4.78 is 37.9. The van der Waals surface area contributed by atoms with Crippen LogP contribution in [0.1, 0.15) is 10.7 Å². The van der Waals surface area contributed by atoms with E-state index in [0.717, 1.165) is 22.4 Å². The van der Waals surface area contributed by atoms with Gasteiger partial charge in [0, 0.05) is 38.6 Å². The zero-order chi connectivity index (χ0) is 19.4. The third-order valence-electron chi connectivity index (χ3n) is 4.25. The van der Waals surface area contributed by atoms with Crippen LogP contribution in [-0.4, -0.2) is 54.2 Å². The van der Waals surface area contributed by atoms with Crippen molar-refractivity contribution in [2.75, 3.05) is 38.1 Å². The summed E-state index contributed by atoms with van der Waals surface area (Å²) in [4.78, 5) is 12.0. The monoisotopic (exact) mass is 399 g/mol. The van der Waals surface area contributed by atoms with Gasteiger partial charge in [-0.2, -0.15) is 13.2 Å². The molecule has 3 rings (SSSR count). The number of para-hydroxylation sites is 2. The highest BCUT2D eigenvalue weighted by atomic mass is 32.1. The smallest absolute Gasteiger partial charge is 0.434 e. The third-order valence-corrected chi connectivity index (χ3v) is 5.10. The lowest BCUT2D eigenvalue weighted by atomic mass is 10.2. The lowest BCUT2D eigenvalue weighted by Crippen LogP contribution is -2.52. The second-order valence-corrected chi connectivity index (χ2v) is 6.93. The van der Waals surface area contributed by atoms with Crippen LogP contribution in [0.5, 0.6) is 5.75 Å². The van der Waals surface area contributed by atoms with Crippen LogP contribution in [0.25, 0.3) is 0 Å². The van der Waals surface area contributed by atoms with Crippen molar-refractivity contribution >= 4 is 23.0 Å². The van der Waals surface area contributed by atoms with Crippen molar-refractivity contribution in [3.63, 3.8) is 0 Å². The molecule has 6 nitrogen and oxygen atoms in total. The van der Waals surface area contributed by atoms with Crippen molar-refractivity contribution in [1.29, 1.82) is 0 Å². The number of aromatic nitrogens is 1. The van der Waals surface area contributed by atoms with E-state index in [1.165, 1.54) is 0 Å². The Morgan fingerprint density at radius 2 is 1.96 bits per heavy atom. The zero-order valence-corrected chi connectivity index (χ0v) is 15.5. The normalized spacial score (nSPS) is 15.9. The number of benzene rings is 1. The number of alkyl halides is 3. The number of hydrogen-bond donors (Lipinski definition) is 2. The minimum atomic E-state index is -4.42. The zero-order valence-electron chi connectivity index (χ0n) is 14.7. The summed E-state index contributed by atoms with van der Waals surface area (Å²) >= 11 is 0.972. The topological polar surface area (TPSA) is 64.0 Å². The second-order valence-electron chi connectivity index (χ2n) is 5.99. The predicted octanol–water partition coefficient (Wildman–Crippen LogP) is 2.77. The number of aliphatic imine (C=N–C) groups is 1. The number of anilines is 1. The van der Waals surface area contributed by atoms with Gasteiger partial charge in [-0.05, 0) is 12.1 Å². The highest BCUT2D eigenvalue weighted by molar-refractivity contribution is 7.09. The number of nitrogens with zero attached hydrogens (tertiary/aromatic N) is 4. The number of phenolic OH excluding ortho intramolecular Hbond substituents is 1. The van der Waals surface area contributed by atoms with Gasteiger partial charge in [0.05, 0.1) is 12.2 Å². The van der Waals surface area contributed by atoms with Crippen molar-refractivity contribution in [3.05, 3.63) is 40.3 Å². The van der Waals surface area contributed by atoms with Crippen LogP contribution in [-0.2, 0) is 12.7 Å². The van der Waals surface area contributed by atoms with Crippen LogP contribution in [0.3, 0.4) is 0 Å². The molecule has 2 heterocycles. The molecule has 2 N–H and O–H groups in total. The molecule has 1 saturated heterocycles. The number of thiazole rings is 1. The number of nitrogens with one attached hydrogen (secondary N) is 1. The van der Waals surface area contributed by atoms with Gasteiger partial charge in [-0.25, -0.2) is 4.98 Å². The van der Waals surface area contributed by atoms with E-state index in [4.69, 9.17) is 0 Å². The molecule has 0 bridgehead atoms. The Morgan fingerprint density at radius 1 is 1.26 bits per heavy atom. The average Bonchev–Trinajstić information content (AvgIpc) is 3.13. The van der Waals surface area contributed by atoms with E-state index < -0.39 is 11.9 Å². The molecule has 1 fully saturated rings. The van der Waals surface area contributed by atoms with Crippen LogP contribution < -0.4 is 10.2 Å². The Bertz CT molecular complexity index is 800. The standard InChI is InChI=1S/C17H20F3N5OS/c1-21-16(22-10-15-23-14(11-27-15)17(18,19)20)25-8-6-24(7-9-25)12-4-2-3-5-13(12)26/h2-5,11,26H,6-10H2,1H3,(H,21,22). The maximum absolute atomic E-state index is 12.6. The maximum Gasteiger partial charge on any atom is 0.434 e. The number of guanidine groups is 1. The number of aromatic hydroxyl groups is 1. The lowest BCUT2D eigenvalue weighted by Gasteiger charge is -2.37. The molecule has 10 heteroatoms. The molecule has 0 amide bonds. The molecule has 1 aliphatic heterocycles. The van der Waals surface area contributed by atoms with Gasteiger partial charge in [-0.1, -0.05) is 12.1 Å². The Hall–Kier alpha value is -2.49. The molecule has 1 aromatic heterocycles. The van der Waals surface area contributed by atoms with E-state index in [1.807, 2.05) is 17.0 Å². The SMILES string of the molecule is CN=C(NCc1nc(C(F)(F)F)cs1)N1CCN(c2ccccc2O)CC1. The van der Waals surface area contributed by atoms with Crippen LogP contribution in [0.15, 0.2) is 34.6 Å². The van der Waals surface area contributed by atoms with Gasteiger partial charge < -0.3 is 20.2 Å². The van der Waals surface area contributed by atoms with Gasteiger partial charge in [0.25, 0.3) is 0 Å². The summed E-state index contributed by atoms with van der Waals surface area (Å²) in [5.41, 5.74) is -0.0712. The first-order chi connectivity index (χ1) is 12.9. The average molecular weight is 399 g/mol. The van der Waals surface area contributed by atoms with E-state index in [2.05, 4.69) is 20.2 Å². The number of phenols is 1. The van der Waals surface area contributed by atoms with Crippen LogP contribution in [0.2, 0.25) is 0 Å². The first-order valence-electron chi connectivity index (χ1n) is 8.38. The van der Waals surface area contributed by atoms with E-state index >= 15 is 0 Å². The Balaban J connectivity index is 1.55. The first-order valence-corrected chi connectivity index (χ1v) is 9.26. The predicted molar refractivity (Wildman–Crippen MR) is 99.2 cm³/mol. The van der Waals surface area contributed by atoms with Crippen molar-refractivity contribution in [2.45, 2.75) is 12.7 Å². The van der Waals surface area contributed by atoms with Crippen LogP contribution >= 0.6 is 11.3 Å². The molecule has 1 aromatic carbocycles. The fourth-order valence-corrected chi connectivity index (χ4v) is 3.64. The fraction of sp³-hybridized carbons (Fsp3) is 0.412. The second kappa shape index (κ2) is 8.03. The van der Waals surface area contributed by atoms with Gasteiger partial charge in [-0.15, -0.1) is 11.3 Å². The highest BCUT2D eigenvalue weighted by Gasteiger charge is 2.33. The molecule has 0 atom stereocenters. The molecule has 146 valence electrons. The molecule has 0 radical (unpaired) electrons. The van der Waals surface area contributed by atoms with Crippen molar-refractivity contribution < 1.29 is 18.3 Å². The van der Waals surface area contributed by atoms with Gasteiger partial charge in [0.1, 0.15) is 10.8 Å². The summed E-state index contributed by atoms with van der Waals surface area (Å²) in [7, 11) is 1.64. The minimum absolute atomic E-state index is 0.188. The molecule has 0 saturated carbocycles. The number of halogens is 3. The van der Waals surface area contributed by atoms with Crippen LogP contribution in [0, 0.1) is 0 Å². The van der Waals surface area contributed by atoms with Gasteiger partial charge in [0.15, 0.2) is 11.7 Å². The number of piperazine rings is 1. The largest absolute Gasteiger partial charge is 0.506 e. The van der Waals surface area contributed by atoms with E-state index in [1.54, 1.807) is 19.2 Å². The van der Waals surface area contributed by atoms with Gasteiger partial charge in [0.2, 0.25) is 0 Å². The highest BCUT2D eigenvalue weighted by Crippen LogP contribution is 2.30. The van der Waals surface area contributed by atoms with Crippen molar-refractivity contribution in [2.24, 2.45) is 4.99 Å². The van der Waals surface area contributed by atoms with Crippen LogP contribution in [0.4, 0.5) is 18.9 Å². The van der Waals surface area contributed by atoms with Crippen molar-refractivity contribution in [3.8, 4) is 5.75 Å². The summed E-state index contributed by atoms with van der Waals surface area (Å²) in [6.07, 6.45) is -4.42. The first kappa shape index (κ1) is 19.3. The Morgan fingerprint density at radius 3 is 2.56 bits per heavy atom. The van der Waals surface area contributed by atoms with Gasteiger partial charge >= 0.3 is 6.18 Å². The fourth-order valence-electron chi connectivity index (χ4n) is 2.90. The third kappa shape index (κ3) is 4.62. The molecule has 2 aromatic rings. The maximum atomic E-state index is 12.6. The minimum Gasteiger partial charge on any atom is -0.506 e. The molecule has 1 aliphatic rings. The Kier molecular flexibility index (Phi) is 5.73. The number of hydrogen-bond acceptors (Lipinski definition) is 5. The van der Waals surface area contributed by atoms with Gasteiger partial charge in [-0.3, -0.25) is 4.99 Å². The molecule has 0 spiro atoms. The number of rotatable bonds is 3. The van der Waals surface area contributed by atoms with E-state index in [9.17, 15) is 18.3 Å². The van der Waals surface area contributed by atoms with Crippen molar-refractivity contribution in [1.82, 2.24) is 15.2 Å².